The van der Waals surface area contributed by atoms with Crippen molar-refractivity contribution < 1.29 is 24.6 Å². The summed E-state index contributed by atoms with van der Waals surface area (Å²) in [6.45, 7) is 5.71. The van der Waals surface area contributed by atoms with Crippen molar-refractivity contribution in [2.75, 3.05) is 23.8 Å². The number of anilines is 2. The average molecular weight is 471 g/mol. The van der Waals surface area contributed by atoms with Crippen LogP contribution in [0, 0.1) is 11.3 Å². The number of amides is 3. The third-order valence-electron chi connectivity index (χ3n) is 5.77. The van der Waals surface area contributed by atoms with Crippen molar-refractivity contribution in [1.82, 2.24) is 10.6 Å². The average Bonchev–Trinajstić information content (AvgIpc) is 2.83. The normalized spacial score (nSPS) is 13.0. The second kappa shape index (κ2) is 12.8. The van der Waals surface area contributed by atoms with Gasteiger partial charge in [-0.3, -0.25) is 14.9 Å². The van der Waals surface area contributed by atoms with Crippen LogP contribution in [0.4, 0.5) is 16.2 Å². The van der Waals surface area contributed by atoms with Crippen LogP contribution in [0.15, 0.2) is 54.6 Å². The maximum Gasteiger partial charge on any atom is 0.323 e. The number of carbonyl (C=O) groups is 3. The molecule has 2 aromatic rings. The molecule has 3 amide bonds. The van der Waals surface area contributed by atoms with Crippen molar-refractivity contribution in [2.45, 2.75) is 40.0 Å². The van der Waals surface area contributed by atoms with Crippen molar-refractivity contribution >= 4 is 29.1 Å². The Labute approximate surface area is 200 Å². The number of Topliss-reactive ketones (excluding diaryl/α,β-unsaturated/α-hetero) is 1. The SMILES string of the molecule is C[C@@H](C(O)NCCC(=O)C(=O)NCc1ccc(NC(=O)Nc2ccccc2)cc1)C(C)(C)CO. The lowest BCUT2D eigenvalue weighted by molar-refractivity contribution is -0.138. The van der Waals surface area contributed by atoms with Gasteiger partial charge in [0, 0.05) is 43.4 Å². The van der Waals surface area contributed by atoms with Gasteiger partial charge in [-0.25, -0.2) is 4.79 Å². The molecule has 0 aromatic heterocycles. The van der Waals surface area contributed by atoms with Crippen LogP contribution < -0.4 is 21.3 Å². The standard InChI is InChI=1S/C25H34N4O5/c1-17(25(2,3)16-30)22(32)26-14-13-21(31)23(33)27-15-18-9-11-20(12-10-18)29-24(34)28-19-7-5-4-6-8-19/h4-12,17,22,26,30,32H,13-16H2,1-3H3,(H,27,33)(H2,28,29,34)/t17-,22?/m0/s1. The molecule has 2 atom stereocenters. The number of nitrogens with one attached hydrogen (secondary N) is 4. The number of benzene rings is 2. The van der Waals surface area contributed by atoms with E-state index in [-0.39, 0.29) is 38.1 Å². The Morgan fingerprint density at radius 2 is 1.53 bits per heavy atom. The van der Waals surface area contributed by atoms with Crippen LogP contribution in [0.25, 0.3) is 0 Å². The molecule has 0 heterocycles. The number of aliphatic hydroxyl groups is 2. The number of para-hydroxylation sites is 1. The molecule has 0 saturated carbocycles. The van der Waals surface area contributed by atoms with Crippen LogP contribution in [-0.4, -0.2) is 47.3 Å². The number of ketones is 1. The first-order valence-corrected chi connectivity index (χ1v) is 11.2. The third-order valence-corrected chi connectivity index (χ3v) is 5.77. The Morgan fingerprint density at radius 3 is 2.12 bits per heavy atom. The summed E-state index contributed by atoms with van der Waals surface area (Å²) < 4.78 is 0. The van der Waals surface area contributed by atoms with Crippen LogP contribution in [0.5, 0.6) is 0 Å². The summed E-state index contributed by atoms with van der Waals surface area (Å²) in [5.41, 5.74) is 1.55. The summed E-state index contributed by atoms with van der Waals surface area (Å²) in [6, 6.07) is 15.6. The number of aliphatic hydroxyl groups excluding tert-OH is 2. The molecule has 9 nitrogen and oxygen atoms in total. The summed E-state index contributed by atoms with van der Waals surface area (Å²) in [4.78, 5) is 36.2. The molecule has 0 aliphatic rings. The predicted octanol–water partition coefficient (Wildman–Crippen LogP) is 2.47. The monoisotopic (exact) mass is 470 g/mol. The van der Waals surface area contributed by atoms with Gasteiger partial charge in [0.2, 0.25) is 5.78 Å². The van der Waals surface area contributed by atoms with Gasteiger partial charge in [0.05, 0.1) is 0 Å². The van der Waals surface area contributed by atoms with Gasteiger partial charge in [-0.1, -0.05) is 51.1 Å². The van der Waals surface area contributed by atoms with Gasteiger partial charge >= 0.3 is 6.03 Å². The van der Waals surface area contributed by atoms with Crippen LogP contribution in [-0.2, 0) is 16.1 Å². The molecule has 0 aliphatic heterocycles. The minimum absolute atomic E-state index is 0.0610. The van der Waals surface area contributed by atoms with E-state index < -0.39 is 23.3 Å². The van der Waals surface area contributed by atoms with E-state index in [4.69, 9.17) is 0 Å². The summed E-state index contributed by atoms with van der Waals surface area (Å²) in [5.74, 6) is -1.54. The molecular formula is C25H34N4O5. The van der Waals surface area contributed by atoms with Crippen LogP contribution in [0.1, 0.15) is 32.8 Å². The third kappa shape index (κ3) is 8.58. The van der Waals surface area contributed by atoms with Gasteiger partial charge in [0.1, 0.15) is 6.23 Å². The Morgan fingerprint density at radius 1 is 0.941 bits per heavy atom. The van der Waals surface area contributed by atoms with Gasteiger partial charge in [-0.15, -0.1) is 0 Å². The molecule has 184 valence electrons. The fourth-order valence-electron chi connectivity index (χ4n) is 3.00. The Kier molecular flexibility index (Phi) is 10.2. The summed E-state index contributed by atoms with van der Waals surface area (Å²) >= 11 is 0. The van der Waals surface area contributed by atoms with Gasteiger partial charge in [-0.2, -0.15) is 0 Å². The largest absolute Gasteiger partial charge is 0.396 e. The molecule has 1 unspecified atom stereocenters. The Balaban J connectivity index is 1.71. The molecule has 0 fully saturated rings. The maximum atomic E-state index is 12.1. The first-order chi connectivity index (χ1) is 16.1. The lowest BCUT2D eigenvalue weighted by Gasteiger charge is -2.33. The van der Waals surface area contributed by atoms with E-state index >= 15 is 0 Å². The molecule has 9 heteroatoms. The lowest BCUT2D eigenvalue weighted by atomic mass is 9.79. The number of rotatable bonds is 12. The van der Waals surface area contributed by atoms with Crippen molar-refractivity contribution in [3.05, 3.63) is 60.2 Å². The van der Waals surface area contributed by atoms with Crippen molar-refractivity contribution in [3.63, 3.8) is 0 Å². The van der Waals surface area contributed by atoms with Crippen LogP contribution in [0.3, 0.4) is 0 Å². The predicted molar refractivity (Wildman–Crippen MR) is 131 cm³/mol. The summed E-state index contributed by atoms with van der Waals surface area (Å²) in [5, 5.41) is 30.4. The highest BCUT2D eigenvalue weighted by molar-refractivity contribution is 6.36. The molecule has 6 N–H and O–H groups in total. The topological polar surface area (TPSA) is 140 Å². The van der Waals surface area contributed by atoms with Crippen molar-refractivity contribution in [1.29, 1.82) is 0 Å². The molecule has 0 radical (unpaired) electrons. The van der Waals surface area contributed by atoms with Crippen LogP contribution >= 0.6 is 0 Å². The second-order valence-corrected chi connectivity index (χ2v) is 8.83. The molecule has 2 rings (SSSR count). The minimum atomic E-state index is -0.903. The highest BCUT2D eigenvalue weighted by Gasteiger charge is 2.30. The molecule has 0 aliphatic carbocycles. The first kappa shape index (κ1) is 27.0. The zero-order valence-electron chi connectivity index (χ0n) is 19.8. The van der Waals surface area contributed by atoms with Gasteiger partial charge in [0.15, 0.2) is 0 Å². The Hall–Kier alpha value is -3.27. The van der Waals surface area contributed by atoms with E-state index in [9.17, 15) is 24.6 Å². The van der Waals surface area contributed by atoms with E-state index in [1.165, 1.54) is 0 Å². The molecule has 34 heavy (non-hydrogen) atoms. The molecule has 0 spiro atoms. The fraction of sp³-hybridized carbons (Fsp3) is 0.400. The number of hydrogen-bond acceptors (Lipinski definition) is 6. The Bertz CT molecular complexity index is 948. The van der Waals surface area contributed by atoms with E-state index in [0.29, 0.717) is 11.4 Å². The number of carbonyl (C=O) groups excluding carboxylic acids is 3. The fourth-order valence-corrected chi connectivity index (χ4v) is 3.00. The van der Waals surface area contributed by atoms with E-state index in [0.717, 1.165) is 5.56 Å². The molecule has 0 saturated heterocycles. The lowest BCUT2D eigenvalue weighted by Crippen LogP contribution is -2.44. The molecule has 2 aromatic carbocycles. The first-order valence-electron chi connectivity index (χ1n) is 11.2. The zero-order valence-corrected chi connectivity index (χ0v) is 19.8. The molecule has 0 bridgehead atoms. The van der Waals surface area contributed by atoms with E-state index in [1.807, 2.05) is 32.0 Å². The highest BCUT2D eigenvalue weighted by Crippen LogP contribution is 2.27. The molecular weight excluding hydrogens is 436 g/mol. The van der Waals surface area contributed by atoms with Gasteiger partial charge in [-0.05, 0) is 35.2 Å². The van der Waals surface area contributed by atoms with Gasteiger partial charge in [0.25, 0.3) is 5.91 Å². The number of hydrogen-bond donors (Lipinski definition) is 6. The maximum absolute atomic E-state index is 12.1. The number of urea groups is 1. The quantitative estimate of drug-likeness (QED) is 0.208. The van der Waals surface area contributed by atoms with Crippen LogP contribution in [0.2, 0.25) is 0 Å². The van der Waals surface area contributed by atoms with E-state index in [2.05, 4.69) is 21.3 Å². The second-order valence-electron chi connectivity index (χ2n) is 8.83. The zero-order chi connectivity index (χ0) is 25.1. The van der Waals surface area contributed by atoms with E-state index in [1.54, 1.807) is 43.3 Å². The summed E-state index contributed by atoms with van der Waals surface area (Å²) in [7, 11) is 0. The smallest absolute Gasteiger partial charge is 0.323 e. The van der Waals surface area contributed by atoms with Crippen molar-refractivity contribution in [3.8, 4) is 0 Å². The highest BCUT2D eigenvalue weighted by atomic mass is 16.3. The minimum Gasteiger partial charge on any atom is -0.396 e. The van der Waals surface area contributed by atoms with Gasteiger partial charge < -0.3 is 26.2 Å². The van der Waals surface area contributed by atoms with Crippen molar-refractivity contribution in [2.24, 2.45) is 11.3 Å². The summed E-state index contributed by atoms with van der Waals surface area (Å²) in [6.07, 6.45) is -0.964.